The Hall–Kier alpha value is -4.86. The van der Waals surface area contributed by atoms with E-state index in [1.807, 2.05) is 75.0 Å². The van der Waals surface area contributed by atoms with Crippen LogP contribution >= 0.6 is 11.3 Å². The molecule has 0 bridgehead atoms. The molecule has 4 heterocycles. The van der Waals surface area contributed by atoms with E-state index in [0.29, 0.717) is 31.0 Å². The Morgan fingerprint density at radius 3 is 2.58 bits per heavy atom. The third-order valence-electron chi connectivity index (χ3n) is 10.6. The van der Waals surface area contributed by atoms with E-state index in [4.69, 9.17) is 0 Å². The van der Waals surface area contributed by atoms with Crippen molar-refractivity contribution in [2.75, 3.05) is 11.9 Å². The molecule has 0 fully saturated rings. The van der Waals surface area contributed by atoms with E-state index in [-0.39, 0.29) is 24.3 Å². The van der Waals surface area contributed by atoms with E-state index in [1.165, 1.54) is 16.0 Å². The van der Waals surface area contributed by atoms with Crippen LogP contribution in [-0.4, -0.2) is 65.4 Å². The Balaban J connectivity index is 1.30. The van der Waals surface area contributed by atoms with Crippen molar-refractivity contribution < 1.29 is 13.2 Å². The lowest BCUT2D eigenvalue weighted by Crippen LogP contribution is -2.38. The number of hydrogen-bond acceptors (Lipinski definition) is 10. The van der Waals surface area contributed by atoms with E-state index >= 15 is 0 Å². The van der Waals surface area contributed by atoms with Crippen LogP contribution in [0.25, 0.3) is 11.0 Å². The number of nitrogens with one attached hydrogen (secondary N) is 1. The van der Waals surface area contributed by atoms with Crippen molar-refractivity contribution in [1.82, 2.24) is 44.5 Å². The van der Waals surface area contributed by atoms with Gasteiger partial charge in [-0.05, 0) is 89.1 Å². The molecule has 53 heavy (non-hydrogen) atoms. The van der Waals surface area contributed by atoms with E-state index in [2.05, 4.69) is 55.2 Å². The molecule has 0 unspecified atom stereocenters. The minimum absolute atomic E-state index is 0.185. The number of aromatic nitrogens is 8. The van der Waals surface area contributed by atoms with Crippen molar-refractivity contribution in [3.63, 3.8) is 0 Å². The summed E-state index contributed by atoms with van der Waals surface area (Å²) in [6.07, 6.45) is 3.29. The van der Waals surface area contributed by atoms with Gasteiger partial charge in [-0.25, -0.2) is 22.8 Å². The molecule has 0 spiro atoms. The molecule has 2 atom stereocenters. The maximum atomic E-state index is 14.5. The molecule has 0 aliphatic carbocycles. The van der Waals surface area contributed by atoms with Crippen LogP contribution in [0.3, 0.4) is 0 Å². The second-order valence-corrected chi connectivity index (χ2v) is 17.2. The van der Waals surface area contributed by atoms with Gasteiger partial charge in [0.1, 0.15) is 10.5 Å². The molecule has 15 heteroatoms. The summed E-state index contributed by atoms with van der Waals surface area (Å²) in [5, 5.41) is 26.7. The van der Waals surface area contributed by atoms with Crippen molar-refractivity contribution in [3.05, 3.63) is 105 Å². The SMILES string of the molecule is CC[C@H]1Cc2ccccc2S(=O)(=O)N(Cc2cc([C@@H](c3ccc4c(nnn4CC)c3C)C(C)(C)C(=O)Nc3nnnn3Cc3nccs3)ccc2C)C1. The number of benzene rings is 3. The molecule has 3 aromatic heterocycles. The van der Waals surface area contributed by atoms with Gasteiger partial charge < -0.3 is 0 Å². The van der Waals surface area contributed by atoms with E-state index < -0.39 is 21.4 Å². The molecule has 276 valence electrons. The maximum Gasteiger partial charge on any atom is 0.249 e. The first-order chi connectivity index (χ1) is 25.4. The van der Waals surface area contributed by atoms with Gasteiger partial charge >= 0.3 is 0 Å². The van der Waals surface area contributed by atoms with Gasteiger partial charge in [0.2, 0.25) is 21.9 Å². The first-order valence-electron chi connectivity index (χ1n) is 17.9. The Bertz CT molecular complexity index is 2380. The van der Waals surface area contributed by atoms with Crippen molar-refractivity contribution in [2.45, 2.75) is 84.8 Å². The summed E-state index contributed by atoms with van der Waals surface area (Å²) >= 11 is 1.48. The number of tetrazole rings is 1. The second kappa shape index (κ2) is 14.5. The normalized spacial score (nSPS) is 16.7. The lowest BCUT2D eigenvalue weighted by molar-refractivity contribution is -0.124. The van der Waals surface area contributed by atoms with Gasteiger partial charge in [0.15, 0.2) is 0 Å². The third kappa shape index (κ3) is 6.88. The number of sulfonamides is 1. The van der Waals surface area contributed by atoms with Gasteiger partial charge in [-0.15, -0.1) is 16.4 Å². The zero-order valence-corrected chi connectivity index (χ0v) is 32.4. The molecule has 1 N–H and O–H groups in total. The predicted octanol–water partition coefficient (Wildman–Crippen LogP) is 6.13. The molecule has 0 saturated carbocycles. The number of carbonyl (C=O) groups excluding carboxylic acids is 1. The van der Waals surface area contributed by atoms with Crippen LogP contribution in [0, 0.1) is 25.2 Å². The summed E-state index contributed by atoms with van der Waals surface area (Å²) in [7, 11) is -3.76. The van der Waals surface area contributed by atoms with Gasteiger partial charge in [0, 0.05) is 37.1 Å². The van der Waals surface area contributed by atoms with Crippen LogP contribution in [0.4, 0.5) is 5.95 Å². The minimum atomic E-state index is -3.76. The zero-order valence-electron chi connectivity index (χ0n) is 30.8. The molecule has 13 nitrogen and oxygen atoms in total. The summed E-state index contributed by atoms with van der Waals surface area (Å²) in [5.41, 5.74) is 6.04. The van der Waals surface area contributed by atoms with Crippen molar-refractivity contribution in [3.8, 4) is 0 Å². The number of rotatable bonds is 11. The lowest BCUT2D eigenvalue weighted by Gasteiger charge is -2.35. The molecular formula is C38H44N10O3S2. The minimum Gasteiger partial charge on any atom is -0.293 e. The number of aryl methyl sites for hydroxylation is 3. The van der Waals surface area contributed by atoms with Crippen LogP contribution in [0.1, 0.15) is 78.4 Å². The quantitative estimate of drug-likeness (QED) is 0.165. The standard InChI is InChI=1S/C38H44N10O3S2/c1-7-26-19-27-11-9-10-12-32(27)53(50,51)46(21-26)22-29-20-28(14-13-24(29)3)34(30-15-16-31-35(25(30)4)41-44-47(31)8-2)38(5,6)36(49)40-37-42-43-45-48(37)23-33-39-17-18-52-33/h9-18,20,26,34H,7-8,19,21-23H2,1-6H3,(H,40,42,45,49)/t26-,34-/m0/s1. The monoisotopic (exact) mass is 752 g/mol. The number of thiazole rings is 1. The molecule has 7 rings (SSSR count). The second-order valence-electron chi connectivity index (χ2n) is 14.3. The molecular weight excluding hydrogens is 709 g/mol. The molecule has 1 aliphatic heterocycles. The van der Waals surface area contributed by atoms with E-state index in [0.717, 1.165) is 55.8 Å². The van der Waals surface area contributed by atoms with Gasteiger partial charge in [0.05, 0.1) is 22.4 Å². The Kier molecular flexibility index (Phi) is 10.00. The highest BCUT2D eigenvalue weighted by molar-refractivity contribution is 7.89. The molecule has 0 radical (unpaired) electrons. The van der Waals surface area contributed by atoms with Crippen molar-refractivity contribution >= 4 is 44.2 Å². The summed E-state index contributed by atoms with van der Waals surface area (Å²) in [5.74, 6) is -0.359. The highest BCUT2D eigenvalue weighted by Gasteiger charge is 2.41. The highest BCUT2D eigenvalue weighted by atomic mass is 32.2. The number of carbonyl (C=O) groups is 1. The first-order valence-corrected chi connectivity index (χ1v) is 20.2. The number of fused-ring (bicyclic) bond motifs is 2. The predicted molar refractivity (Wildman–Crippen MR) is 204 cm³/mol. The zero-order chi connectivity index (χ0) is 37.5. The Morgan fingerprint density at radius 2 is 1.83 bits per heavy atom. The molecule has 1 aliphatic rings. The summed E-state index contributed by atoms with van der Waals surface area (Å²) < 4.78 is 33.4. The smallest absolute Gasteiger partial charge is 0.249 e. The average molecular weight is 753 g/mol. The molecule has 6 aromatic rings. The number of amides is 1. The van der Waals surface area contributed by atoms with E-state index in [9.17, 15) is 13.2 Å². The number of hydrogen-bond donors (Lipinski definition) is 1. The number of anilines is 1. The van der Waals surface area contributed by atoms with Crippen molar-refractivity contribution in [1.29, 1.82) is 0 Å². The summed E-state index contributed by atoms with van der Waals surface area (Å²) in [6, 6.07) is 17.6. The van der Waals surface area contributed by atoms with Crippen molar-refractivity contribution in [2.24, 2.45) is 11.3 Å². The van der Waals surface area contributed by atoms with Gasteiger partial charge in [-0.1, -0.05) is 80.0 Å². The maximum absolute atomic E-state index is 14.5. The summed E-state index contributed by atoms with van der Waals surface area (Å²) in [4.78, 5) is 19.2. The lowest BCUT2D eigenvalue weighted by atomic mass is 9.69. The summed E-state index contributed by atoms with van der Waals surface area (Å²) in [6.45, 7) is 13.6. The van der Waals surface area contributed by atoms with Gasteiger partial charge in [-0.2, -0.15) is 4.31 Å². The van der Waals surface area contributed by atoms with Crippen LogP contribution in [0.5, 0.6) is 0 Å². The number of nitrogens with zero attached hydrogens (tertiary/aromatic N) is 9. The average Bonchev–Trinajstić information content (AvgIpc) is 3.91. The molecule has 0 saturated heterocycles. The van der Waals surface area contributed by atoms with Crippen LogP contribution in [-0.2, 0) is 40.9 Å². The van der Waals surface area contributed by atoms with Gasteiger partial charge in [0.25, 0.3) is 0 Å². The fraction of sp³-hybridized carbons (Fsp3) is 0.395. The Labute approximate surface area is 313 Å². The fourth-order valence-corrected chi connectivity index (χ4v) is 9.77. The van der Waals surface area contributed by atoms with Crippen LogP contribution < -0.4 is 5.32 Å². The Morgan fingerprint density at radius 1 is 1.02 bits per heavy atom. The molecule has 3 aromatic carbocycles. The van der Waals surface area contributed by atoms with Crippen LogP contribution in [0.15, 0.2) is 71.1 Å². The highest BCUT2D eigenvalue weighted by Crippen LogP contribution is 2.45. The van der Waals surface area contributed by atoms with E-state index in [1.54, 1.807) is 22.6 Å². The topological polar surface area (TPSA) is 154 Å². The first kappa shape index (κ1) is 36.5. The molecule has 1 amide bonds. The third-order valence-corrected chi connectivity index (χ3v) is 13.3. The largest absolute Gasteiger partial charge is 0.293 e. The van der Waals surface area contributed by atoms with Gasteiger partial charge in [-0.3, -0.25) is 10.1 Å². The fourth-order valence-electron chi connectivity index (χ4n) is 7.45. The van der Waals surface area contributed by atoms with Crippen LogP contribution in [0.2, 0.25) is 0 Å².